The molecule has 0 rings (SSSR count). The van der Waals surface area contributed by atoms with Crippen molar-refractivity contribution in [1.82, 2.24) is 4.90 Å². The van der Waals surface area contributed by atoms with E-state index in [1.807, 2.05) is 21.6 Å². The Morgan fingerprint density at radius 2 is 1.80 bits per heavy atom. The SMILES string of the molecule is C[C@H](C(=O)O)N(C)C(=O)CCCCCSSC(C)(C)C. The molecule has 6 heteroatoms. The molecule has 0 heterocycles. The molecule has 118 valence electrons. The number of carboxylic acids is 1. The molecule has 0 fully saturated rings. The average Bonchev–Trinajstić information content (AvgIpc) is 2.34. The molecule has 0 saturated carbocycles. The fourth-order valence-corrected chi connectivity index (χ4v) is 3.81. The number of rotatable bonds is 9. The molecule has 0 aliphatic carbocycles. The van der Waals surface area contributed by atoms with Gasteiger partial charge in [0.25, 0.3) is 0 Å². The van der Waals surface area contributed by atoms with E-state index in [0.29, 0.717) is 6.42 Å². The smallest absolute Gasteiger partial charge is 0.326 e. The highest BCUT2D eigenvalue weighted by Crippen LogP contribution is 2.35. The predicted molar refractivity (Wildman–Crippen MR) is 88.1 cm³/mol. The molecule has 0 aromatic carbocycles. The minimum Gasteiger partial charge on any atom is -0.480 e. The monoisotopic (exact) mass is 321 g/mol. The highest BCUT2D eigenvalue weighted by atomic mass is 33.1. The van der Waals surface area contributed by atoms with Gasteiger partial charge in [0, 0.05) is 24.0 Å². The maximum Gasteiger partial charge on any atom is 0.326 e. The molecular weight excluding hydrogens is 294 g/mol. The summed E-state index contributed by atoms with van der Waals surface area (Å²) >= 11 is 0. The van der Waals surface area contributed by atoms with Crippen molar-refractivity contribution >= 4 is 33.5 Å². The summed E-state index contributed by atoms with van der Waals surface area (Å²) in [4.78, 5) is 23.8. The highest BCUT2D eigenvalue weighted by Gasteiger charge is 2.20. The number of aliphatic carboxylic acids is 1. The van der Waals surface area contributed by atoms with E-state index < -0.39 is 12.0 Å². The van der Waals surface area contributed by atoms with Crippen LogP contribution in [0.5, 0.6) is 0 Å². The summed E-state index contributed by atoms with van der Waals surface area (Å²) in [5, 5.41) is 8.84. The Bertz CT molecular complexity index is 316. The lowest BCUT2D eigenvalue weighted by atomic mass is 10.2. The first kappa shape index (κ1) is 19.6. The van der Waals surface area contributed by atoms with Crippen LogP contribution in [0.4, 0.5) is 0 Å². The Balaban J connectivity index is 3.65. The van der Waals surface area contributed by atoms with Crippen LogP contribution in [-0.4, -0.2) is 45.5 Å². The lowest BCUT2D eigenvalue weighted by molar-refractivity contribution is -0.148. The molecule has 1 amide bonds. The van der Waals surface area contributed by atoms with Crippen LogP contribution < -0.4 is 0 Å². The van der Waals surface area contributed by atoms with Gasteiger partial charge < -0.3 is 10.0 Å². The van der Waals surface area contributed by atoms with Crippen molar-refractivity contribution in [3.8, 4) is 0 Å². The van der Waals surface area contributed by atoms with Crippen LogP contribution in [0, 0.1) is 0 Å². The molecule has 1 atom stereocenters. The number of nitrogens with zero attached hydrogens (tertiary/aromatic N) is 1. The number of carboxylic acid groups (broad SMARTS) is 1. The zero-order valence-corrected chi connectivity index (χ0v) is 14.8. The third-order valence-electron chi connectivity index (χ3n) is 2.76. The summed E-state index contributed by atoms with van der Waals surface area (Å²) < 4.78 is 0.288. The van der Waals surface area contributed by atoms with Crippen LogP contribution in [0.2, 0.25) is 0 Å². The van der Waals surface area contributed by atoms with Crippen molar-refractivity contribution in [3.63, 3.8) is 0 Å². The molecule has 0 aromatic rings. The van der Waals surface area contributed by atoms with Gasteiger partial charge in [-0.3, -0.25) is 4.79 Å². The number of carbonyl (C=O) groups is 2. The van der Waals surface area contributed by atoms with Gasteiger partial charge >= 0.3 is 5.97 Å². The van der Waals surface area contributed by atoms with Crippen LogP contribution in [-0.2, 0) is 9.59 Å². The van der Waals surface area contributed by atoms with Gasteiger partial charge in [-0.15, -0.1) is 0 Å². The van der Waals surface area contributed by atoms with Crippen LogP contribution in [0.3, 0.4) is 0 Å². The van der Waals surface area contributed by atoms with Crippen molar-refractivity contribution in [1.29, 1.82) is 0 Å². The number of hydrogen-bond acceptors (Lipinski definition) is 4. The number of likely N-dealkylation sites (N-methyl/N-ethyl adjacent to an activating group) is 1. The number of hydrogen-bond donors (Lipinski definition) is 1. The lowest BCUT2D eigenvalue weighted by Crippen LogP contribution is -2.40. The summed E-state index contributed by atoms with van der Waals surface area (Å²) in [6.45, 7) is 8.12. The first-order valence-corrected chi connectivity index (χ1v) is 9.26. The van der Waals surface area contributed by atoms with E-state index in [1.165, 1.54) is 11.8 Å². The molecule has 4 nitrogen and oxygen atoms in total. The second kappa shape index (κ2) is 9.55. The van der Waals surface area contributed by atoms with Crippen LogP contribution in [0.1, 0.15) is 53.4 Å². The van der Waals surface area contributed by atoms with Gasteiger partial charge in [0.2, 0.25) is 5.91 Å². The first-order valence-electron chi connectivity index (χ1n) is 6.94. The quantitative estimate of drug-likeness (QED) is 0.519. The van der Waals surface area contributed by atoms with E-state index in [2.05, 4.69) is 20.8 Å². The second-order valence-electron chi connectivity index (χ2n) is 5.85. The fourth-order valence-electron chi connectivity index (χ4n) is 1.39. The molecule has 0 bridgehead atoms. The van der Waals surface area contributed by atoms with Gasteiger partial charge in [0.05, 0.1) is 0 Å². The number of unbranched alkanes of at least 4 members (excludes halogenated alkanes) is 2. The largest absolute Gasteiger partial charge is 0.480 e. The van der Waals surface area contributed by atoms with Gasteiger partial charge in [-0.1, -0.05) is 48.8 Å². The van der Waals surface area contributed by atoms with Gasteiger partial charge in [-0.05, 0) is 19.8 Å². The molecule has 0 saturated heterocycles. The maximum absolute atomic E-state index is 11.8. The third kappa shape index (κ3) is 9.53. The van der Waals surface area contributed by atoms with Crippen LogP contribution in [0.15, 0.2) is 0 Å². The standard InChI is InChI=1S/C14H27NO3S2/c1-11(13(17)18)15(5)12(16)9-7-6-8-10-19-20-14(2,3)4/h11H,6-10H2,1-5H3,(H,17,18)/t11-/m1/s1. The summed E-state index contributed by atoms with van der Waals surface area (Å²) in [6.07, 6.45) is 3.37. The second-order valence-corrected chi connectivity index (χ2v) is 9.09. The van der Waals surface area contributed by atoms with E-state index in [0.717, 1.165) is 25.0 Å². The molecular formula is C14H27NO3S2. The molecule has 0 aliphatic heterocycles. The molecule has 0 aromatic heterocycles. The van der Waals surface area contributed by atoms with Gasteiger partial charge in [-0.25, -0.2) is 4.79 Å². The minimum absolute atomic E-state index is 0.0865. The molecule has 0 unspecified atom stereocenters. The van der Waals surface area contributed by atoms with Crippen molar-refractivity contribution in [3.05, 3.63) is 0 Å². The molecule has 0 spiro atoms. The van der Waals surface area contributed by atoms with E-state index in [9.17, 15) is 9.59 Å². The van der Waals surface area contributed by atoms with Gasteiger partial charge in [-0.2, -0.15) is 0 Å². The van der Waals surface area contributed by atoms with Crippen molar-refractivity contribution in [2.75, 3.05) is 12.8 Å². The van der Waals surface area contributed by atoms with Crippen molar-refractivity contribution < 1.29 is 14.7 Å². The normalized spacial score (nSPS) is 13.1. The summed E-state index contributed by atoms with van der Waals surface area (Å²) in [5.74, 6) is 0.0467. The average molecular weight is 322 g/mol. The molecule has 0 aliphatic rings. The predicted octanol–water partition coefficient (Wildman–Crippen LogP) is 3.66. The zero-order valence-electron chi connectivity index (χ0n) is 13.1. The summed E-state index contributed by atoms with van der Waals surface area (Å²) in [6, 6.07) is -0.749. The van der Waals surface area contributed by atoms with E-state index in [-0.39, 0.29) is 10.7 Å². The van der Waals surface area contributed by atoms with E-state index >= 15 is 0 Å². The third-order valence-corrected chi connectivity index (χ3v) is 6.19. The first-order chi connectivity index (χ1) is 9.15. The van der Waals surface area contributed by atoms with Gasteiger partial charge in [0.15, 0.2) is 0 Å². The summed E-state index contributed by atoms with van der Waals surface area (Å²) in [5.41, 5.74) is 0. The Morgan fingerprint density at radius 1 is 1.20 bits per heavy atom. The van der Waals surface area contributed by atoms with E-state index in [4.69, 9.17) is 5.11 Å². The Morgan fingerprint density at radius 3 is 2.30 bits per heavy atom. The highest BCUT2D eigenvalue weighted by molar-refractivity contribution is 8.77. The molecule has 1 N–H and O–H groups in total. The Hall–Kier alpha value is -0.360. The lowest BCUT2D eigenvalue weighted by Gasteiger charge is -2.21. The molecule has 20 heavy (non-hydrogen) atoms. The zero-order chi connectivity index (χ0) is 15.8. The van der Waals surface area contributed by atoms with Crippen LogP contribution >= 0.6 is 21.6 Å². The van der Waals surface area contributed by atoms with E-state index in [1.54, 1.807) is 7.05 Å². The molecule has 0 radical (unpaired) electrons. The van der Waals surface area contributed by atoms with Gasteiger partial charge in [0.1, 0.15) is 6.04 Å². The Kier molecular flexibility index (Phi) is 9.38. The van der Waals surface area contributed by atoms with Crippen molar-refractivity contribution in [2.24, 2.45) is 0 Å². The number of carbonyl (C=O) groups excluding carboxylic acids is 1. The Labute approximate surface area is 130 Å². The fraction of sp³-hybridized carbons (Fsp3) is 0.857. The maximum atomic E-state index is 11.8. The summed E-state index contributed by atoms with van der Waals surface area (Å²) in [7, 11) is 5.32. The van der Waals surface area contributed by atoms with Crippen LogP contribution in [0.25, 0.3) is 0 Å². The topological polar surface area (TPSA) is 57.6 Å². The minimum atomic E-state index is -0.962. The number of amides is 1. The van der Waals surface area contributed by atoms with Crippen molar-refractivity contribution in [2.45, 2.75) is 64.2 Å².